The molecule has 2 rings (SSSR count). The van der Waals surface area contributed by atoms with Crippen molar-refractivity contribution in [1.29, 1.82) is 0 Å². The molecule has 2 aromatic rings. The van der Waals surface area contributed by atoms with Crippen LogP contribution in [-0.4, -0.2) is 36.3 Å². The molecule has 0 bridgehead atoms. The van der Waals surface area contributed by atoms with Gasteiger partial charge in [-0.15, -0.1) is 0 Å². The Morgan fingerprint density at radius 2 is 1.39 bits per heavy atom. The summed E-state index contributed by atoms with van der Waals surface area (Å²) in [7, 11) is 0. The van der Waals surface area contributed by atoms with Crippen LogP contribution in [0.2, 0.25) is 0 Å². The lowest BCUT2D eigenvalue weighted by molar-refractivity contribution is -0.253. The monoisotopic (exact) mass is 459 g/mol. The molecule has 0 aromatic heterocycles. The number of halogens is 9. The molecule has 0 saturated carbocycles. The van der Waals surface area contributed by atoms with E-state index in [1.165, 1.54) is 24.3 Å². The Balaban J connectivity index is 2.42. The predicted molar refractivity (Wildman–Crippen MR) is 95.6 cm³/mol. The zero-order chi connectivity index (χ0) is 23.6. The molecule has 1 atom stereocenters. The Bertz CT molecular complexity index is 860. The van der Waals surface area contributed by atoms with Gasteiger partial charge in [-0.1, -0.05) is 36.4 Å². The smallest absolute Gasteiger partial charge is 0.382 e. The number of anilines is 1. The van der Waals surface area contributed by atoms with Crippen LogP contribution in [0.4, 0.5) is 45.2 Å². The van der Waals surface area contributed by atoms with Gasteiger partial charge in [-0.05, 0) is 35.7 Å². The number of rotatable bonds is 6. The minimum atomic E-state index is -5.60. The summed E-state index contributed by atoms with van der Waals surface area (Å²) >= 11 is 0. The number of hydrogen-bond acceptors (Lipinski definition) is 2. The van der Waals surface area contributed by atoms with E-state index in [9.17, 15) is 44.6 Å². The van der Waals surface area contributed by atoms with Gasteiger partial charge in [0.2, 0.25) is 0 Å². The molecule has 0 aliphatic rings. The standard InChI is InChI=1S/C20H18F9NO/c1-12-4-2-7-15(8-12)30(11-16(31)18(21,22)23)10-13-5-3-6-14(9-13)17(19(24,25)26)20(27,28)29/h2-9,16-17,31H,10-11H2,1H3/t16-/m1/s1. The van der Waals surface area contributed by atoms with Gasteiger partial charge in [0.1, 0.15) is 0 Å². The maximum atomic E-state index is 13.0. The Morgan fingerprint density at radius 1 is 0.806 bits per heavy atom. The summed E-state index contributed by atoms with van der Waals surface area (Å²) in [5, 5.41) is 9.46. The number of aryl methyl sites for hydroxylation is 1. The van der Waals surface area contributed by atoms with Crippen LogP contribution in [0.1, 0.15) is 22.6 Å². The molecular formula is C20H18F9NO. The first kappa shape index (κ1) is 24.8. The molecule has 0 aliphatic carbocycles. The highest BCUT2D eigenvalue weighted by atomic mass is 19.4. The van der Waals surface area contributed by atoms with E-state index in [1.807, 2.05) is 0 Å². The largest absolute Gasteiger partial charge is 0.416 e. The topological polar surface area (TPSA) is 23.5 Å². The second-order valence-electron chi connectivity index (χ2n) is 7.04. The van der Waals surface area contributed by atoms with E-state index in [-0.39, 0.29) is 11.3 Å². The fourth-order valence-electron chi connectivity index (χ4n) is 3.05. The van der Waals surface area contributed by atoms with Gasteiger partial charge in [0.05, 0.1) is 6.54 Å². The van der Waals surface area contributed by atoms with Crippen LogP contribution in [0.25, 0.3) is 0 Å². The van der Waals surface area contributed by atoms with Gasteiger partial charge in [-0.2, -0.15) is 39.5 Å². The molecule has 0 fully saturated rings. The molecule has 172 valence electrons. The van der Waals surface area contributed by atoms with Crippen molar-refractivity contribution in [2.75, 3.05) is 11.4 Å². The van der Waals surface area contributed by atoms with Gasteiger partial charge in [-0.25, -0.2) is 0 Å². The SMILES string of the molecule is Cc1cccc(N(Cc2cccc(C(C(F)(F)F)C(F)(F)F)c2)C[C@@H](O)C(F)(F)F)c1. The second kappa shape index (κ2) is 8.97. The number of aliphatic hydroxyl groups is 1. The highest BCUT2D eigenvalue weighted by Crippen LogP contribution is 2.46. The second-order valence-corrected chi connectivity index (χ2v) is 7.04. The van der Waals surface area contributed by atoms with E-state index in [0.717, 1.165) is 11.0 Å². The number of aliphatic hydroxyl groups excluding tert-OH is 1. The summed E-state index contributed by atoms with van der Waals surface area (Å²) in [5.74, 6) is -3.73. The molecule has 2 aromatic carbocycles. The van der Waals surface area contributed by atoms with Crippen molar-refractivity contribution < 1.29 is 44.6 Å². The molecule has 0 radical (unpaired) electrons. The molecular weight excluding hydrogens is 441 g/mol. The quantitative estimate of drug-likeness (QED) is 0.526. The van der Waals surface area contributed by atoms with Gasteiger partial charge in [0.15, 0.2) is 12.0 Å². The number of alkyl halides is 9. The fraction of sp³-hybridized carbons (Fsp3) is 0.400. The molecule has 2 nitrogen and oxygen atoms in total. The summed E-state index contributed by atoms with van der Waals surface area (Å²) in [6, 6.07) is 9.59. The van der Waals surface area contributed by atoms with Crippen LogP contribution in [0.5, 0.6) is 0 Å². The summed E-state index contributed by atoms with van der Waals surface area (Å²) in [5.41, 5.74) is -0.270. The molecule has 0 spiro atoms. The van der Waals surface area contributed by atoms with Crippen molar-refractivity contribution in [1.82, 2.24) is 0 Å². The highest BCUT2D eigenvalue weighted by molar-refractivity contribution is 5.49. The van der Waals surface area contributed by atoms with E-state index in [0.29, 0.717) is 17.7 Å². The number of nitrogens with zero attached hydrogens (tertiary/aromatic N) is 1. The molecule has 0 heterocycles. The zero-order valence-corrected chi connectivity index (χ0v) is 16.0. The van der Waals surface area contributed by atoms with Crippen molar-refractivity contribution in [3.8, 4) is 0 Å². The minimum absolute atomic E-state index is 0.0770. The third kappa shape index (κ3) is 6.78. The first-order valence-corrected chi connectivity index (χ1v) is 8.87. The highest BCUT2D eigenvalue weighted by Gasteiger charge is 2.57. The van der Waals surface area contributed by atoms with Crippen LogP contribution >= 0.6 is 0 Å². The summed E-state index contributed by atoms with van der Waals surface area (Å²) in [4.78, 5) is 1.04. The van der Waals surface area contributed by atoms with Gasteiger partial charge < -0.3 is 10.0 Å². The lowest BCUT2D eigenvalue weighted by Gasteiger charge is -2.29. The van der Waals surface area contributed by atoms with Crippen LogP contribution < -0.4 is 4.90 Å². The van der Waals surface area contributed by atoms with E-state index >= 15 is 0 Å². The van der Waals surface area contributed by atoms with Crippen molar-refractivity contribution in [3.63, 3.8) is 0 Å². The third-order valence-electron chi connectivity index (χ3n) is 4.45. The Morgan fingerprint density at radius 3 is 1.90 bits per heavy atom. The number of hydrogen-bond donors (Lipinski definition) is 1. The summed E-state index contributed by atoms with van der Waals surface area (Å²) < 4.78 is 117. The third-order valence-corrected chi connectivity index (χ3v) is 4.45. The maximum absolute atomic E-state index is 13.0. The fourth-order valence-corrected chi connectivity index (χ4v) is 3.05. The molecule has 0 unspecified atom stereocenters. The van der Waals surface area contributed by atoms with Crippen molar-refractivity contribution >= 4 is 5.69 Å². The summed E-state index contributed by atoms with van der Waals surface area (Å²) in [6.07, 6.45) is -18.9. The average Bonchev–Trinajstić information content (AvgIpc) is 2.58. The maximum Gasteiger partial charge on any atom is 0.416 e. The van der Waals surface area contributed by atoms with Crippen LogP contribution in [0.15, 0.2) is 48.5 Å². The van der Waals surface area contributed by atoms with Crippen LogP contribution in [0.3, 0.4) is 0 Å². The van der Waals surface area contributed by atoms with Gasteiger partial charge in [0, 0.05) is 12.2 Å². The Hall–Kier alpha value is -2.43. The first-order valence-electron chi connectivity index (χ1n) is 8.87. The predicted octanol–water partition coefficient (Wildman–Crippen LogP) is 6.13. The van der Waals surface area contributed by atoms with E-state index in [2.05, 4.69) is 0 Å². The van der Waals surface area contributed by atoms with Gasteiger partial charge >= 0.3 is 18.5 Å². The first-order chi connectivity index (χ1) is 14.1. The van der Waals surface area contributed by atoms with E-state index in [1.54, 1.807) is 13.0 Å². The normalized spacial score (nSPS) is 14.1. The average molecular weight is 459 g/mol. The lowest BCUT2D eigenvalue weighted by Crippen LogP contribution is -2.41. The molecule has 11 heteroatoms. The Labute approximate surface area is 171 Å². The Kier molecular flexibility index (Phi) is 7.19. The van der Waals surface area contributed by atoms with Crippen LogP contribution in [0, 0.1) is 6.92 Å². The van der Waals surface area contributed by atoms with Crippen molar-refractivity contribution in [2.24, 2.45) is 0 Å². The van der Waals surface area contributed by atoms with Gasteiger partial charge in [0.25, 0.3) is 0 Å². The van der Waals surface area contributed by atoms with Gasteiger partial charge in [-0.3, -0.25) is 0 Å². The number of benzene rings is 2. The zero-order valence-electron chi connectivity index (χ0n) is 16.0. The molecule has 0 amide bonds. The van der Waals surface area contributed by atoms with Crippen molar-refractivity contribution in [3.05, 3.63) is 65.2 Å². The molecule has 0 saturated heterocycles. The van der Waals surface area contributed by atoms with Crippen LogP contribution in [-0.2, 0) is 6.54 Å². The van der Waals surface area contributed by atoms with Crippen molar-refractivity contribution in [2.45, 2.75) is 44.0 Å². The molecule has 0 aliphatic heterocycles. The lowest BCUT2D eigenvalue weighted by atomic mass is 9.96. The van der Waals surface area contributed by atoms with E-state index < -0.39 is 49.2 Å². The minimum Gasteiger partial charge on any atom is -0.382 e. The molecule has 31 heavy (non-hydrogen) atoms. The summed E-state index contributed by atoms with van der Waals surface area (Å²) in [6.45, 7) is 0.242. The van der Waals surface area contributed by atoms with E-state index in [4.69, 9.17) is 0 Å². The molecule has 1 N–H and O–H groups in total.